The lowest BCUT2D eigenvalue weighted by molar-refractivity contribution is 0.0690. The first-order valence-electron chi connectivity index (χ1n) is 5.84. The molecule has 1 aromatic carbocycles. The second kappa shape index (κ2) is 5.87. The standard InChI is InChI=1S/C15H12N2O3/c16-9-12-7-11(8-14(17-12)15(19)20)2-1-10-3-5-13(18)6-4-10/h3-8,18H,9,16H2,(H,19,20). The van der Waals surface area contributed by atoms with E-state index in [4.69, 9.17) is 10.8 Å². The summed E-state index contributed by atoms with van der Waals surface area (Å²) in [6, 6.07) is 9.46. The van der Waals surface area contributed by atoms with Gasteiger partial charge in [-0.3, -0.25) is 0 Å². The van der Waals surface area contributed by atoms with Gasteiger partial charge in [-0.25, -0.2) is 9.78 Å². The molecule has 4 N–H and O–H groups in total. The molecule has 0 spiro atoms. The predicted molar refractivity (Wildman–Crippen MR) is 73.2 cm³/mol. The Kier molecular flexibility index (Phi) is 3.99. The summed E-state index contributed by atoms with van der Waals surface area (Å²) in [6.07, 6.45) is 0. The maximum atomic E-state index is 11.0. The zero-order valence-electron chi connectivity index (χ0n) is 10.5. The second-order valence-corrected chi connectivity index (χ2v) is 4.04. The van der Waals surface area contributed by atoms with Crippen LogP contribution in [-0.2, 0) is 6.54 Å². The molecule has 20 heavy (non-hydrogen) atoms. The number of carboxylic acid groups (broad SMARTS) is 1. The maximum Gasteiger partial charge on any atom is 0.354 e. The van der Waals surface area contributed by atoms with Crippen molar-refractivity contribution in [1.29, 1.82) is 0 Å². The van der Waals surface area contributed by atoms with Gasteiger partial charge >= 0.3 is 5.97 Å². The molecular formula is C15H12N2O3. The minimum absolute atomic E-state index is 0.0806. The van der Waals surface area contributed by atoms with Crippen LogP contribution in [0.2, 0.25) is 0 Å². The van der Waals surface area contributed by atoms with Crippen molar-refractivity contribution in [3.8, 4) is 17.6 Å². The van der Waals surface area contributed by atoms with Crippen molar-refractivity contribution in [2.24, 2.45) is 5.73 Å². The molecule has 0 fully saturated rings. The molecule has 0 saturated carbocycles. The molecule has 2 rings (SSSR count). The van der Waals surface area contributed by atoms with Gasteiger partial charge in [-0.15, -0.1) is 0 Å². The highest BCUT2D eigenvalue weighted by Gasteiger charge is 2.07. The Labute approximate surface area is 115 Å². The molecule has 1 aromatic heterocycles. The predicted octanol–water partition coefficient (Wildman–Crippen LogP) is 1.34. The van der Waals surface area contributed by atoms with Crippen LogP contribution in [0, 0.1) is 11.8 Å². The highest BCUT2D eigenvalue weighted by Crippen LogP contribution is 2.09. The minimum Gasteiger partial charge on any atom is -0.508 e. The number of aromatic nitrogens is 1. The van der Waals surface area contributed by atoms with Crippen molar-refractivity contribution in [3.05, 3.63) is 58.9 Å². The summed E-state index contributed by atoms with van der Waals surface area (Å²) in [5.41, 5.74) is 7.12. The molecular weight excluding hydrogens is 256 g/mol. The van der Waals surface area contributed by atoms with Gasteiger partial charge in [0.2, 0.25) is 0 Å². The van der Waals surface area contributed by atoms with Gasteiger partial charge in [-0.1, -0.05) is 11.8 Å². The smallest absolute Gasteiger partial charge is 0.354 e. The number of pyridine rings is 1. The first kappa shape index (κ1) is 13.6. The number of carboxylic acids is 1. The molecule has 0 aliphatic rings. The normalized spacial score (nSPS) is 9.65. The van der Waals surface area contributed by atoms with E-state index in [1.165, 1.54) is 18.2 Å². The fraction of sp³-hybridized carbons (Fsp3) is 0.0667. The van der Waals surface area contributed by atoms with Crippen LogP contribution < -0.4 is 5.73 Å². The van der Waals surface area contributed by atoms with Crippen LogP contribution >= 0.6 is 0 Å². The van der Waals surface area contributed by atoms with Gasteiger partial charge < -0.3 is 15.9 Å². The minimum atomic E-state index is -1.12. The van der Waals surface area contributed by atoms with Gasteiger partial charge in [0.25, 0.3) is 0 Å². The number of carbonyl (C=O) groups is 1. The number of nitrogens with two attached hydrogens (primary N) is 1. The summed E-state index contributed by atoms with van der Waals surface area (Å²) in [7, 11) is 0. The first-order chi connectivity index (χ1) is 9.58. The largest absolute Gasteiger partial charge is 0.508 e. The number of aromatic hydroxyl groups is 1. The van der Waals surface area contributed by atoms with Gasteiger partial charge in [0.15, 0.2) is 0 Å². The van der Waals surface area contributed by atoms with E-state index in [2.05, 4.69) is 16.8 Å². The van der Waals surface area contributed by atoms with E-state index in [9.17, 15) is 9.90 Å². The lowest BCUT2D eigenvalue weighted by Crippen LogP contribution is -2.07. The lowest BCUT2D eigenvalue weighted by Gasteiger charge is -2.00. The molecule has 5 nitrogen and oxygen atoms in total. The summed E-state index contributed by atoms with van der Waals surface area (Å²) in [4.78, 5) is 14.8. The summed E-state index contributed by atoms with van der Waals surface area (Å²) in [5.74, 6) is 4.79. The molecule has 2 aromatic rings. The Morgan fingerprint density at radius 2 is 1.80 bits per heavy atom. The summed E-state index contributed by atoms with van der Waals surface area (Å²) in [5, 5.41) is 18.1. The lowest BCUT2D eigenvalue weighted by atomic mass is 10.1. The molecule has 0 amide bonds. The van der Waals surface area contributed by atoms with Crippen molar-refractivity contribution >= 4 is 5.97 Å². The Hall–Kier alpha value is -2.84. The van der Waals surface area contributed by atoms with E-state index in [-0.39, 0.29) is 18.0 Å². The van der Waals surface area contributed by atoms with Gasteiger partial charge in [-0.05, 0) is 36.4 Å². The highest BCUT2D eigenvalue weighted by molar-refractivity contribution is 5.85. The summed E-state index contributed by atoms with van der Waals surface area (Å²) >= 11 is 0. The van der Waals surface area contributed by atoms with Crippen molar-refractivity contribution in [1.82, 2.24) is 4.98 Å². The zero-order chi connectivity index (χ0) is 14.5. The third-order valence-corrected chi connectivity index (χ3v) is 2.53. The number of hydrogen-bond acceptors (Lipinski definition) is 4. The van der Waals surface area contributed by atoms with Crippen LogP contribution in [-0.4, -0.2) is 21.2 Å². The van der Waals surface area contributed by atoms with E-state index in [0.29, 0.717) is 16.8 Å². The number of benzene rings is 1. The van der Waals surface area contributed by atoms with E-state index >= 15 is 0 Å². The van der Waals surface area contributed by atoms with Gasteiger partial charge in [-0.2, -0.15) is 0 Å². The van der Waals surface area contributed by atoms with Gasteiger partial charge in [0, 0.05) is 17.7 Å². The second-order valence-electron chi connectivity index (χ2n) is 4.04. The highest BCUT2D eigenvalue weighted by atomic mass is 16.4. The van der Waals surface area contributed by atoms with Gasteiger partial charge in [0.05, 0.1) is 5.69 Å². The van der Waals surface area contributed by atoms with Crippen LogP contribution in [0.25, 0.3) is 0 Å². The Morgan fingerprint density at radius 1 is 1.15 bits per heavy atom. The van der Waals surface area contributed by atoms with Crippen LogP contribution in [0.5, 0.6) is 5.75 Å². The van der Waals surface area contributed by atoms with Crippen molar-refractivity contribution in [2.75, 3.05) is 0 Å². The number of aromatic carboxylic acids is 1. The van der Waals surface area contributed by atoms with Crippen molar-refractivity contribution in [3.63, 3.8) is 0 Å². The molecule has 5 heteroatoms. The van der Waals surface area contributed by atoms with E-state index in [0.717, 1.165) is 0 Å². The topological polar surface area (TPSA) is 96.4 Å². The number of hydrogen-bond donors (Lipinski definition) is 3. The molecule has 1 heterocycles. The third-order valence-electron chi connectivity index (χ3n) is 2.53. The van der Waals surface area contributed by atoms with E-state index < -0.39 is 5.97 Å². The van der Waals surface area contributed by atoms with E-state index in [1.54, 1.807) is 18.2 Å². The molecule has 0 aliphatic heterocycles. The number of phenolic OH excluding ortho intramolecular Hbond substituents is 1. The fourth-order valence-corrected chi connectivity index (χ4v) is 1.56. The Bertz CT molecular complexity index is 697. The van der Waals surface area contributed by atoms with Gasteiger partial charge in [0.1, 0.15) is 11.4 Å². The fourth-order valence-electron chi connectivity index (χ4n) is 1.56. The maximum absolute atomic E-state index is 11.0. The molecule has 0 atom stereocenters. The molecule has 0 unspecified atom stereocenters. The number of rotatable bonds is 2. The van der Waals surface area contributed by atoms with Crippen LogP contribution in [0.3, 0.4) is 0 Å². The first-order valence-corrected chi connectivity index (χ1v) is 5.84. The van der Waals surface area contributed by atoms with Crippen molar-refractivity contribution < 1.29 is 15.0 Å². The third kappa shape index (κ3) is 3.34. The molecule has 0 aliphatic carbocycles. The van der Waals surface area contributed by atoms with Crippen LogP contribution in [0.1, 0.15) is 27.3 Å². The molecule has 0 saturated heterocycles. The number of nitrogens with zero attached hydrogens (tertiary/aromatic N) is 1. The van der Waals surface area contributed by atoms with Crippen molar-refractivity contribution in [2.45, 2.75) is 6.54 Å². The Balaban J connectivity index is 2.36. The molecule has 0 radical (unpaired) electrons. The summed E-state index contributed by atoms with van der Waals surface area (Å²) < 4.78 is 0. The SMILES string of the molecule is NCc1cc(C#Cc2ccc(O)cc2)cc(C(=O)O)n1. The quantitative estimate of drug-likeness (QED) is 0.714. The monoisotopic (exact) mass is 268 g/mol. The summed E-state index contributed by atoms with van der Waals surface area (Å²) in [6.45, 7) is 0.148. The van der Waals surface area contributed by atoms with Crippen LogP contribution in [0.15, 0.2) is 36.4 Å². The van der Waals surface area contributed by atoms with Crippen LogP contribution in [0.4, 0.5) is 0 Å². The number of phenols is 1. The zero-order valence-corrected chi connectivity index (χ0v) is 10.5. The average molecular weight is 268 g/mol. The van der Waals surface area contributed by atoms with E-state index in [1.807, 2.05) is 0 Å². The molecule has 0 bridgehead atoms. The molecule has 100 valence electrons. The average Bonchev–Trinajstić information content (AvgIpc) is 2.46. The Morgan fingerprint density at radius 3 is 2.40 bits per heavy atom.